The van der Waals surface area contributed by atoms with Crippen molar-refractivity contribution in [1.29, 1.82) is 0 Å². The first-order chi connectivity index (χ1) is 8.76. The molecule has 5 nitrogen and oxygen atoms in total. The quantitative estimate of drug-likeness (QED) is 0.845. The molecule has 0 amide bonds. The third-order valence-corrected chi connectivity index (χ3v) is 2.96. The lowest BCUT2D eigenvalue weighted by Gasteiger charge is -2.15. The van der Waals surface area contributed by atoms with Gasteiger partial charge in [0.2, 0.25) is 5.95 Å². The van der Waals surface area contributed by atoms with Gasteiger partial charge in [-0.05, 0) is 12.1 Å². The number of hydrogen-bond donors (Lipinski definition) is 1. The number of methoxy groups -OCH3 is 2. The minimum absolute atomic E-state index is 0.0230. The Morgan fingerprint density at radius 2 is 2.11 bits per heavy atom. The van der Waals surface area contributed by atoms with E-state index in [2.05, 4.69) is 16.4 Å². The van der Waals surface area contributed by atoms with E-state index in [-0.39, 0.29) is 6.10 Å². The summed E-state index contributed by atoms with van der Waals surface area (Å²) in [5.74, 6) is 0.842. The first-order valence-corrected chi connectivity index (χ1v) is 5.93. The lowest BCUT2D eigenvalue weighted by Crippen LogP contribution is -2.27. The van der Waals surface area contributed by atoms with Crippen LogP contribution in [-0.4, -0.2) is 43.0 Å². The highest BCUT2D eigenvalue weighted by Gasteiger charge is 2.10. The summed E-state index contributed by atoms with van der Waals surface area (Å²) in [7, 11) is 5.34. The fourth-order valence-electron chi connectivity index (χ4n) is 1.90. The van der Waals surface area contributed by atoms with Gasteiger partial charge >= 0.3 is 0 Å². The summed E-state index contributed by atoms with van der Waals surface area (Å²) in [6.07, 6.45) is 0.0230. The van der Waals surface area contributed by atoms with E-state index >= 15 is 0 Å². The van der Waals surface area contributed by atoms with Crippen molar-refractivity contribution in [2.75, 3.05) is 32.7 Å². The molecule has 18 heavy (non-hydrogen) atoms. The summed E-state index contributed by atoms with van der Waals surface area (Å²) in [6.45, 7) is 1.23. The van der Waals surface area contributed by atoms with Gasteiger partial charge in [0, 0.05) is 27.8 Å². The lowest BCUT2D eigenvalue weighted by molar-refractivity contribution is 0.0364. The van der Waals surface area contributed by atoms with Gasteiger partial charge in [-0.25, -0.2) is 4.98 Å². The maximum Gasteiger partial charge on any atom is 0.203 e. The van der Waals surface area contributed by atoms with Crippen molar-refractivity contribution < 1.29 is 9.47 Å². The number of imidazole rings is 1. The standard InChI is InChI=1S/C13H19N3O2/c1-16-12-7-5-4-6-11(12)15-13(16)14-8-10(18-3)9-17-2/h4-7,10H,8-9H2,1-3H3,(H,14,15). The van der Waals surface area contributed by atoms with Crippen molar-refractivity contribution in [3.63, 3.8) is 0 Å². The topological polar surface area (TPSA) is 48.3 Å². The summed E-state index contributed by atoms with van der Waals surface area (Å²) in [5.41, 5.74) is 2.10. The maximum atomic E-state index is 5.30. The van der Waals surface area contributed by atoms with Gasteiger partial charge in [0.25, 0.3) is 0 Å². The number of anilines is 1. The zero-order valence-corrected chi connectivity index (χ0v) is 11.0. The van der Waals surface area contributed by atoms with Crippen molar-refractivity contribution in [3.8, 4) is 0 Å². The number of benzene rings is 1. The van der Waals surface area contributed by atoms with Gasteiger partial charge in [0.15, 0.2) is 0 Å². The summed E-state index contributed by atoms with van der Waals surface area (Å²) in [6, 6.07) is 8.05. The average molecular weight is 249 g/mol. The second-order valence-corrected chi connectivity index (χ2v) is 4.18. The zero-order chi connectivity index (χ0) is 13.0. The van der Waals surface area contributed by atoms with Crippen molar-refractivity contribution in [2.24, 2.45) is 7.05 Å². The van der Waals surface area contributed by atoms with Crippen LogP contribution in [0.4, 0.5) is 5.95 Å². The lowest BCUT2D eigenvalue weighted by atomic mass is 10.3. The highest BCUT2D eigenvalue weighted by Crippen LogP contribution is 2.17. The third-order valence-electron chi connectivity index (χ3n) is 2.96. The number of aryl methyl sites for hydroxylation is 1. The van der Waals surface area contributed by atoms with Gasteiger partial charge in [-0.1, -0.05) is 12.1 Å². The van der Waals surface area contributed by atoms with E-state index in [1.165, 1.54) is 0 Å². The Morgan fingerprint density at radius 1 is 1.33 bits per heavy atom. The number of rotatable bonds is 6. The zero-order valence-electron chi connectivity index (χ0n) is 11.0. The van der Waals surface area contributed by atoms with Crippen LogP contribution in [0.25, 0.3) is 11.0 Å². The second kappa shape index (κ2) is 5.84. The molecule has 0 aliphatic rings. The molecule has 5 heteroatoms. The van der Waals surface area contributed by atoms with Crippen LogP contribution >= 0.6 is 0 Å². The minimum Gasteiger partial charge on any atom is -0.382 e. The number of fused-ring (bicyclic) bond motifs is 1. The number of nitrogens with zero attached hydrogens (tertiary/aromatic N) is 2. The molecular weight excluding hydrogens is 230 g/mol. The summed E-state index contributed by atoms with van der Waals surface area (Å²) >= 11 is 0. The first-order valence-electron chi connectivity index (χ1n) is 5.93. The normalized spacial score (nSPS) is 12.8. The van der Waals surface area contributed by atoms with Crippen LogP contribution in [0.3, 0.4) is 0 Å². The van der Waals surface area contributed by atoms with Crippen LogP contribution in [-0.2, 0) is 16.5 Å². The Hall–Kier alpha value is -1.59. The largest absolute Gasteiger partial charge is 0.382 e. The SMILES string of the molecule is COCC(CNc1nc2ccccc2n1C)OC. The number of ether oxygens (including phenoxy) is 2. The Kier molecular flexibility index (Phi) is 4.17. The molecule has 0 spiro atoms. The van der Waals surface area contributed by atoms with E-state index in [1.54, 1.807) is 14.2 Å². The molecule has 1 atom stereocenters. The molecule has 0 radical (unpaired) electrons. The monoisotopic (exact) mass is 249 g/mol. The molecule has 1 aromatic carbocycles. The summed E-state index contributed by atoms with van der Waals surface area (Å²) < 4.78 is 12.4. The van der Waals surface area contributed by atoms with E-state index in [0.717, 1.165) is 17.0 Å². The average Bonchev–Trinajstić information content (AvgIpc) is 2.72. The molecule has 1 heterocycles. The molecule has 1 N–H and O–H groups in total. The summed E-state index contributed by atoms with van der Waals surface area (Å²) in [4.78, 5) is 4.53. The Labute approximate surface area is 107 Å². The number of hydrogen-bond acceptors (Lipinski definition) is 4. The van der Waals surface area contributed by atoms with Gasteiger partial charge < -0.3 is 19.4 Å². The molecule has 0 fully saturated rings. The fourth-order valence-corrected chi connectivity index (χ4v) is 1.90. The van der Waals surface area contributed by atoms with Gasteiger partial charge in [-0.3, -0.25) is 0 Å². The molecule has 2 rings (SSSR count). The molecule has 98 valence electrons. The predicted octanol–water partition coefficient (Wildman–Crippen LogP) is 1.65. The second-order valence-electron chi connectivity index (χ2n) is 4.18. The van der Waals surface area contributed by atoms with Gasteiger partial charge in [-0.15, -0.1) is 0 Å². The molecule has 0 aliphatic carbocycles. The Morgan fingerprint density at radius 3 is 2.78 bits per heavy atom. The highest BCUT2D eigenvalue weighted by atomic mass is 16.5. The Bertz CT molecular complexity index is 510. The smallest absolute Gasteiger partial charge is 0.203 e. The van der Waals surface area contributed by atoms with Gasteiger partial charge in [0.05, 0.1) is 23.7 Å². The molecule has 2 aromatic rings. The van der Waals surface area contributed by atoms with E-state index < -0.39 is 0 Å². The van der Waals surface area contributed by atoms with Crippen LogP contribution in [0.5, 0.6) is 0 Å². The first kappa shape index (κ1) is 12.9. The van der Waals surface area contributed by atoms with Crippen LogP contribution in [0.1, 0.15) is 0 Å². The van der Waals surface area contributed by atoms with Crippen LogP contribution in [0.15, 0.2) is 24.3 Å². The number of para-hydroxylation sites is 2. The van der Waals surface area contributed by atoms with Gasteiger partial charge in [-0.2, -0.15) is 0 Å². The highest BCUT2D eigenvalue weighted by molar-refractivity contribution is 5.78. The Balaban J connectivity index is 2.09. The van der Waals surface area contributed by atoms with Crippen molar-refractivity contribution >= 4 is 17.0 Å². The van der Waals surface area contributed by atoms with E-state index in [9.17, 15) is 0 Å². The van der Waals surface area contributed by atoms with E-state index in [4.69, 9.17) is 9.47 Å². The van der Waals surface area contributed by atoms with Crippen molar-refractivity contribution in [2.45, 2.75) is 6.10 Å². The minimum atomic E-state index is 0.0230. The third kappa shape index (κ3) is 2.63. The van der Waals surface area contributed by atoms with E-state index in [0.29, 0.717) is 13.2 Å². The van der Waals surface area contributed by atoms with Crippen molar-refractivity contribution in [1.82, 2.24) is 9.55 Å². The summed E-state index contributed by atoms with van der Waals surface area (Å²) in [5, 5.41) is 3.29. The van der Waals surface area contributed by atoms with Gasteiger partial charge in [0.1, 0.15) is 0 Å². The van der Waals surface area contributed by atoms with Crippen molar-refractivity contribution in [3.05, 3.63) is 24.3 Å². The molecule has 1 unspecified atom stereocenters. The fraction of sp³-hybridized carbons (Fsp3) is 0.462. The van der Waals surface area contributed by atoms with Crippen LogP contribution in [0, 0.1) is 0 Å². The maximum absolute atomic E-state index is 5.30. The number of nitrogens with one attached hydrogen (secondary N) is 1. The predicted molar refractivity (Wildman–Crippen MR) is 71.9 cm³/mol. The van der Waals surface area contributed by atoms with Crippen LogP contribution in [0.2, 0.25) is 0 Å². The molecule has 0 saturated carbocycles. The number of aromatic nitrogens is 2. The van der Waals surface area contributed by atoms with E-state index in [1.807, 2.05) is 29.8 Å². The molecule has 0 aliphatic heterocycles. The molecule has 0 saturated heterocycles. The molecule has 0 bridgehead atoms. The molecular formula is C13H19N3O2. The molecule has 1 aromatic heterocycles. The van der Waals surface area contributed by atoms with Crippen LogP contribution < -0.4 is 5.32 Å².